The van der Waals surface area contributed by atoms with Crippen molar-refractivity contribution < 1.29 is 4.79 Å². The largest absolute Gasteiger partial charge is 0.358 e. The second kappa shape index (κ2) is 7.30. The van der Waals surface area contributed by atoms with E-state index in [1.807, 2.05) is 16.3 Å². The first-order chi connectivity index (χ1) is 10.2. The third kappa shape index (κ3) is 3.87. The van der Waals surface area contributed by atoms with E-state index < -0.39 is 0 Å². The highest BCUT2D eigenvalue weighted by molar-refractivity contribution is 7.16. The zero-order valence-corrected chi connectivity index (χ0v) is 13.0. The summed E-state index contributed by atoms with van der Waals surface area (Å²) in [4.78, 5) is 23.4. The number of hydrogen-bond acceptors (Lipinski definition) is 7. The van der Waals surface area contributed by atoms with Gasteiger partial charge in [-0.3, -0.25) is 9.69 Å². The topological polar surface area (TPSA) is 96.2 Å². The zero-order chi connectivity index (χ0) is 15.2. The number of nitrogens with one attached hydrogen (secondary N) is 2. The molecular formula is C13H20N6OS. The lowest BCUT2D eigenvalue weighted by Gasteiger charge is -2.20. The minimum atomic E-state index is -0.0159. The van der Waals surface area contributed by atoms with Gasteiger partial charge in [-0.05, 0) is 24.4 Å². The summed E-state index contributed by atoms with van der Waals surface area (Å²) in [5, 5.41) is 5.51. The van der Waals surface area contributed by atoms with Crippen LogP contribution in [-0.4, -0.2) is 40.9 Å². The Kier molecular flexibility index (Phi) is 5.43. The van der Waals surface area contributed by atoms with Crippen LogP contribution in [0.15, 0.2) is 11.4 Å². The van der Waals surface area contributed by atoms with Gasteiger partial charge in [0.05, 0.1) is 18.5 Å². The molecule has 1 amide bonds. The molecule has 0 radical (unpaired) electrons. The fraction of sp³-hybridized carbons (Fsp3) is 0.462. The molecule has 21 heavy (non-hydrogen) atoms. The van der Waals surface area contributed by atoms with Crippen LogP contribution in [0, 0.1) is 0 Å². The molecule has 2 rings (SSSR count). The van der Waals surface area contributed by atoms with E-state index >= 15 is 0 Å². The predicted octanol–water partition coefficient (Wildman–Crippen LogP) is 0.935. The van der Waals surface area contributed by atoms with Crippen LogP contribution in [0.4, 0.5) is 5.82 Å². The summed E-state index contributed by atoms with van der Waals surface area (Å²) < 4.78 is 0. The van der Waals surface area contributed by atoms with Crippen LogP contribution in [0.3, 0.4) is 0 Å². The summed E-state index contributed by atoms with van der Waals surface area (Å²) in [5.74, 6) is 6.79. The van der Waals surface area contributed by atoms with E-state index in [9.17, 15) is 4.79 Å². The molecule has 7 nitrogen and oxygen atoms in total. The van der Waals surface area contributed by atoms with Crippen molar-refractivity contribution in [3.8, 4) is 0 Å². The summed E-state index contributed by atoms with van der Waals surface area (Å²) in [6.45, 7) is 3.74. The molecule has 0 unspecified atom stereocenters. The van der Waals surface area contributed by atoms with Gasteiger partial charge in [-0.25, -0.2) is 15.8 Å². The molecule has 0 fully saturated rings. The number of hydrazine groups is 1. The zero-order valence-electron chi connectivity index (χ0n) is 12.2. The van der Waals surface area contributed by atoms with Gasteiger partial charge in [0.2, 0.25) is 5.91 Å². The number of hydrogen-bond donors (Lipinski definition) is 3. The number of fused-ring (bicyclic) bond motifs is 1. The highest BCUT2D eigenvalue weighted by Gasteiger charge is 2.14. The molecule has 0 spiro atoms. The quantitative estimate of drug-likeness (QED) is 0.520. The molecule has 2 aromatic rings. The number of aromatic nitrogens is 2. The molecule has 2 aromatic heterocycles. The Labute approximate surface area is 127 Å². The average Bonchev–Trinajstić information content (AvgIpc) is 2.94. The number of likely N-dealkylation sites (N-methyl/N-ethyl adjacent to an activating group) is 1. The summed E-state index contributed by atoms with van der Waals surface area (Å²) in [6.07, 6.45) is 0.959. The Morgan fingerprint density at radius 1 is 1.48 bits per heavy atom. The fourth-order valence-electron chi connectivity index (χ4n) is 2.09. The Hall–Kier alpha value is -1.77. The summed E-state index contributed by atoms with van der Waals surface area (Å²) >= 11 is 1.55. The van der Waals surface area contributed by atoms with Gasteiger partial charge in [-0.15, -0.1) is 11.3 Å². The minimum absolute atomic E-state index is 0.0159. The van der Waals surface area contributed by atoms with Gasteiger partial charge in [-0.1, -0.05) is 6.92 Å². The molecule has 0 atom stereocenters. The molecular weight excluding hydrogens is 288 g/mol. The molecule has 4 N–H and O–H groups in total. The molecule has 114 valence electrons. The Morgan fingerprint density at radius 3 is 2.95 bits per heavy atom. The van der Waals surface area contributed by atoms with Gasteiger partial charge >= 0.3 is 0 Å². The van der Waals surface area contributed by atoms with Crippen molar-refractivity contribution in [3.63, 3.8) is 0 Å². The number of thiophene rings is 1. The molecule has 0 saturated carbocycles. The Bertz CT molecular complexity index is 614. The van der Waals surface area contributed by atoms with E-state index in [1.54, 1.807) is 18.4 Å². The molecule has 0 aliphatic carbocycles. The van der Waals surface area contributed by atoms with E-state index in [-0.39, 0.29) is 5.91 Å². The number of anilines is 1. The van der Waals surface area contributed by atoms with Gasteiger partial charge in [0.1, 0.15) is 10.7 Å². The normalized spacial score (nSPS) is 11.0. The van der Waals surface area contributed by atoms with Crippen LogP contribution >= 0.6 is 11.3 Å². The lowest BCUT2D eigenvalue weighted by molar-refractivity contribution is -0.121. The van der Waals surface area contributed by atoms with Crippen molar-refractivity contribution >= 4 is 33.3 Å². The highest BCUT2D eigenvalue weighted by atomic mass is 32.1. The van der Waals surface area contributed by atoms with Crippen LogP contribution in [0.25, 0.3) is 10.2 Å². The SMILES string of the molecule is CCCN(CC(=O)NC)Cc1nc(NN)c2ccsc2n1. The van der Waals surface area contributed by atoms with Gasteiger partial charge in [0.15, 0.2) is 5.82 Å². The molecule has 0 saturated heterocycles. The molecule has 0 aliphatic heterocycles. The molecule has 0 aliphatic rings. The number of carbonyl (C=O) groups excluding carboxylic acids is 1. The monoisotopic (exact) mass is 308 g/mol. The number of nitrogen functional groups attached to an aromatic ring is 1. The maximum Gasteiger partial charge on any atom is 0.233 e. The summed E-state index contributed by atoms with van der Waals surface area (Å²) in [5.41, 5.74) is 2.61. The Morgan fingerprint density at radius 2 is 2.29 bits per heavy atom. The van der Waals surface area contributed by atoms with E-state index in [4.69, 9.17) is 5.84 Å². The number of rotatable bonds is 7. The van der Waals surface area contributed by atoms with E-state index in [2.05, 4.69) is 27.6 Å². The first-order valence-corrected chi connectivity index (χ1v) is 7.69. The van der Waals surface area contributed by atoms with Crippen LogP contribution in [0.5, 0.6) is 0 Å². The molecule has 8 heteroatoms. The first-order valence-electron chi connectivity index (χ1n) is 6.81. The fourth-order valence-corrected chi connectivity index (χ4v) is 2.88. The van der Waals surface area contributed by atoms with Crippen molar-refractivity contribution in [3.05, 3.63) is 17.3 Å². The lowest BCUT2D eigenvalue weighted by atomic mass is 10.3. The maximum absolute atomic E-state index is 11.6. The number of nitrogens with zero attached hydrogens (tertiary/aromatic N) is 3. The third-order valence-electron chi connectivity index (χ3n) is 3.06. The van der Waals surface area contributed by atoms with Crippen molar-refractivity contribution in [2.45, 2.75) is 19.9 Å². The molecule has 2 heterocycles. The third-order valence-corrected chi connectivity index (χ3v) is 3.87. The number of nitrogens with two attached hydrogens (primary N) is 1. The smallest absolute Gasteiger partial charge is 0.233 e. The number of carbonyl (C=O) groups is 1. The van der Waals surface area contributed by atoms with Gasteiger partial charge in [0.25, 0.3) is 0 Å². The Balaban J connectivity index is 2.21. The maximum atomic E-state index is 11.6. The van der Waals surface area contributed by atoms with Crippen LogP contribution in [0.2, 0.25) is 0 Å². The average molecular weight is 308 g/mol. The standard InChI is InChI=1S/C13H20N6OS/c1-3-5-19(8-11(20)15-2)7-10-16-12(18-14)9-4-6-21-13(9)17-10/h4,6H,3,5,7-8,14H2,1-2H3,(H,15,20)(H,16,17,18). The van der Waals surface area contributed by atoms with Crippen molar-refractivity contribution in [1.82, 2.24) is 20.2 Å². The van der Waals surface area contributed by atoms with Gasteiger partial charge in [-0.2, -0.15) is 0 Å². The molecule has 0 aromatic carbocycles. The van der Waals surface area contributed by atoms with Crippen molar-refractivity contribution in [1.29, 1.82) is 0 Å². The first kappa shape index (κ1) is 15.6. The number of amides is 1. The minimum Gasteiger partial charge on any atom is -0.358 e. The lowest BCUT2D eigenvalue weighted by Crippen LogP contribution is -2.36. The van der Waals surface area contributed by atoms with Crippen molar-refractivity contribution in [2.75, 3.05) is 25.6 Å². The van der Waals surface area contributed by atoms with E-state index in [1.165, 1.54) is 0 Å². The van der Waals surface area contributed by atoms with Crippen molar-refractivity contribution in [2.24, 2.45) is 5.84 Å². The van der Waals surface area contributed by atoms with E-state index in [0.717, 1.165) is 23.2 Å². The van der Waals surface area contributed by atoms with Crippen LogP contribution in [0.1, 0.15) is 19.2 Å². The van der Waals surface area contributed by atoms with Crippen LogP contribution < -0.4 is 16.6 Å². The second-order valence-corrected chi connectivity index (χ2v) is 5.55. The van der Waals surface area contributed by atoms with Gasteiger partial charge < -0.3 is 10.7 Å². The van der Waals surface area contributed by atoms with Crippen LogP contribution in [-0.2, 0) is 11.3 Å². The van der Waals surface area contributed by atoms with E-state index in [0.29, 0.717) is 24.7 Å². The summed E-state index contributed by atoms with van der Waals surface area (Å²) in [6, 6.07) is 1.94. The van der Waals surface area contributed by atoms with Gasteiger partial charge in [0, 0.05) is 7.05 Å². The predicted molar refractivity (Wildman–Crippen MR) is 84.9 cm³/mol. The highest BCUT2D eigenvalue weighted by Crippen LogP contribution is 2.24. The summed E-state index contributed by atoms with van der Waals surface area (Å²) in [7, 11) is 1.64. The second-order valence-electron chi connectivity index (χ2n) is 4.66. The molecule has 0 bridgehead atoms.